The van der Waals surface area contributed by atoms with Gasteiger partial charge in [-0.05, 0) is 46.6 Å². The molecular weight excluding hydrogens is 320 g/mol. The van der Waals surface area contributed by atoms with Gasteiger partial charge in [-0.1, -0.05) is 12.1 Å². The molecule has 0 aliphatic rings. The Labute approximate surface area is 126 Å². The lowest BCUT2D eigenvalue weighted by molar-refractivity contribution is 0.0941. The summed E-state index contributed by atoms with van der Waals surface area (Å²) in [6.07, 6.45) is 1.91. The van der Waals surface area contributed by atoms with Crippen LogP contribution in [0.1, 0.15) is 23.0 Å². The Balaban J connectivity index is 2.00. The van der Waals surface area contributed by atoms with Crippen LogP contribution in [-0.2, 0) is 13.1 Å². The number of carbonyl (C=O) groups excluding carboxylic acids is 1. The molecule has 0 saturated carbocycles. The highest BCUT2D eigenvalue weighted by Crippen LogP contribution is 2.15. The summed E-state index contributed by atoms with van der Waals surface area (Å²) in [5.74, 6) is 0.734. The maximum Gasteiger partial charge on any atom is 0.268 e. The van der Waals surface area contributed by atoms with Gasteiger partial charge in [0.05, 0.1) is 7.11 Å². The lowest BCUT2D eigenvalue weighted by atomic mass is 10.2. The first-order valence-electron chi connectivity index (χ1n) is 6.41. The van der Waals surface area contributed by atoms with Crippen molar-refractivity contribution < 1.29 is 9.53 Å². The van der Waals surface area contributed by atoms with Crippen LogP contribution in [0.2, 0.25) is 0 Å². The normalized spacial score (nSPS) is 10.3. The monoisotopic (exact) mass is 336 g/mol. The van der Waals surface area contributed by atoms with Gasteiger partial charge in [-0.15, -0.1) is 0 Å². The van der Waals surface area contributed by atoms with Crippen molar-refractivity contribution in [1.29, 1.82) is 0 Å². The minimum atomic E-state index is -0.0756. The number of ether oxygens (including phenoxy) is 1. The van der Waals surface area contributed by atoms with Crippen molar-refractivity contribution in [2.75, 3.05) is 7.11 Å². The molecule has 1 N–H and O–H groups in total. The van der Waals surface area contributed by atoms with Crippen LogP contribution in [0.3, 0.4) is 0 Å². The van der Waals surface area contributed by atoms with Gasteiger partial charge >= 0.3 is 0 Å². The minimum Gasteiger partial charge on any atom is -0.497 e. The van der Waals surface area contributed by atoms with Crippen LogP contribution >= 0.6 is 15.9 Å². The molecule has 0 spiro atoms. The third-order valence-electron chi connectivity index (χ3n) is 3.05. The molecule has 0 fully saturated rings. The Morgan fingerprint density at radius 1 is 1.35 bits per heavy atom. The summed E-state index contributed by atoms with van der Waals surface area (Å²) in [6, 6.07) is 9.47. The number of aryl methyl sites for hydroxylation is 1. The molecule has 0 atom stereocenters. The number of hydrogen-bond donors (Lipinski definition) is 1. The summed E-state index contributed by atoms with van der Waals surface area (Å²) in [5.41, 5.74) is 1.70. The summed E-state index contributed by atoms with van der Waals surface area (Å²) >= 11 is 3.39. The van der Waals surface area contributed by atoms with Crippen molar-refractivity contribution in [3.05, 3.63) is 52.3 Å². The van der Waals surface area contributed by atoms with Crippen LogP contribution in [-0.4, -0.2) is 17.6 Å². The number of nitrogens with zero attached hydrogens (tertiary/aromatic N) is 1. The smallest absolute Gasteiger partial charge is 0.268 e. The van der Waals surface area contributed by atoms with E-state index in [2.05, 4.69) is 21.2 Å². The Morgan fingerprint density at radius 2 is 2.05 bits per heavy atom. The minimum absolute atomic E-state index is 0.0756. The molecule has 0 radical (unpaired) electrons. The average Bonchev–Trinajstić information content (AvgIpc) is 2.86. The molecular formula is C15H17BrN2O2. The molecule has 2 aromatic rings. The van der Waals surface area contributed by atoms with E-state index in [9.17, 15) is 4.79 Å². The Bertz CT molecular complexity index is 590. The summed E-state index contributed by atoms with van der Waals surface area (Å²) in [5, 5.41) is 2.92. The fraction of sp³-hybridized carbons (Fsp3) is 0.267. The van der Waals surface area contributed by atoms with Crippen molar-refractivity contribution in [1.82, 2.24) is 9.88 Å². The van der Waals surface area contributed by atoms with E-state index in [-0.39, 0.29) is 5.91 Å². The number of aromatic nitrogens is 1. The van der Waals surface area contributed by atoms with Gasteiger partial charge in [-0.3, -0.25) is 4.79 Å². The molecule has 1 aromatic heterocycles. The zero-order valence-corrected chi connectivity index (χ0v) is 13.1. The van der Waals surface area contributed by atoms with E-state index in [1.54, 1.807) is 7.11 Å². The standard InChI is InChI=1S/C15H17BrN2O2/c1-3-18-10-12(16)8-14(18)15(19)17-9-11-4-6-13(20-2)7-5-11/h4-8,10H,3,9H2,1-2H3,(H,17,19). The van der Waals surface area contributed by atoms with Crippen LogP contribution < -0.4 is 10.1 Å². The molecule has 4 nitrogen and oxygen atoms in total. The molecule has 0 unspecified atom stereocenters. The predicted octanol–water partition coefficient (Wildman–Crippen LogP) is 3.21. The highest BCUT2D eigenvalue weighted by atomic mass is 79.9. The lowest BCUT2D eigenvalue weighted by Crippen LogP contribution is -2.25. The van der Waals surface area contributed by atoms with Gasteiger partial charge < -0.3 is 14.6 Å². The molecule has 1 aromatic carbocycles. The molecule has 1 heterocycles. The van der Waals surface area contributed by atoms with Gasteiger partial charge in [0.25, 0.3) is 5.91 Å². The second-order valence-electron chi connectivity index (χ2n) is 4.36. The van der Waals surface area contributed by atoms with E-state index < -0.39 is 0 Å². The van der Waals surface area contributed by atoms with E-state index in [0.29, 0.717) is 12.2 Å². The van der Waals surface area contributed by atoms with E-state index in [4.69, 9.17) is 4.74 Å². The van der Waals surface area contributed by atoms with Crippen LogP contribution in [0.4, 0.5) is 0 Å². The van der Waals surface area contributed by atoms with Crippen molar-refractivity contribution in [3.63, 3.8) is 0 Å². The van der Waals surface area contributed by atoms with Crippen molar-refractivity contribution in [2.45, 2.75) is 20.0 Å². The molecule has 5 heteroatoms. The highest BCUT2D eigenvalue weighted by Gasteiger charge is 2.11. The number of carbonyl (C=O) groups is 1. The van der Waals surface area contributed by atoms with Gasteiger partial charge in [0.2, 0.25) is 0 Å². The van der Waals surface area contributed by atoms with E-state index in [1.165, 1.54) is 0 Å². The third-order valence-corrected chi connectivity index (χ3v) is 3.48. The van der Waals surface area contributed by atoms with Crippen LogP contribution in [0, 0.1) is 0 Å². The lowest BCUT2D eigenvalue weighted by Gasteiger charge is -2.08. The number of benzene rings is 1. The second-order valence-corrected chi connectivity index (χ2v) is 5.28. The summed E-state index contributed by atoms with van der Waals surface area (Å²) in [7, 11) is 1.63. The first-order valence-corrected chi connectivity index (χ1v) is 7.20. The number of methoxy groups -OCH3 is 1. The molecule has 1 amide bonds. The molecule has 2 rings (SSSR count). The van der Waals surface area contributed by atoms with Crippen LogP contribution in [0.25, 0.3) is 0 Å². The topological polar surface area (TPSA) is 43.3 Å². The van der Waals surface area contributed by atoms with Crippen molar-refractivity contribution in [3.8, 4) is 5.75 Å². The van der Waals surface area contributed by atoms with E-state index in [1.807, 2.05) is 48.0 Å². The molecule has 20 heavy (non-hydrogen) atoms. The van der Waals surface area contributed by atoms with Gasteiger partial charge in [-0.2, -0.15) is 0 Å². The zero-order valence-electron chi connectivity index (χ0n) is 11.5. The first-order chi connectivity index (χ1) is 9.63. The van der Waals surface area contributed by atoms with Crippen molar-refractivity contribution >= 4 is 21.8 Å². The molecule has 0 aliphatic heterocycles. The fourth-order valence-corrected chi connectivity index (χ4v) is 2.41. The van der Waals surface area contributed by atoms with Crippen molar-refractivity contribution in [2.24, 2.45) is 0 Å². The SMILES string of the molecule is CCn1cc(Br)cc1C(=O)NCc1ccc(OC)cc1. The molecule has 0 aliphatic carbocycles. The average molecular weight is 337 g/mol. The van der Waals surface area contributed by atoms with Crippen LogP contribution in [0.5, 0.6) is 5.75 Å². The van der Waals surface area contributed by atoms with Crippen LogP contribution in [0.15, 0.2) is 41.0 Å². The van der Waals surface area contributed by atoms with Gasteiger partial charge in [0, 0.05) is 23.8 Å². The van der Waals surface area contributed by atoms with Gasteiger partial charge in [0.1, 0.15) is 11.4 Å². The first kappa shape index (κ1) is 14.7. The second kappa shape index (κ2) is 6.61. The van der Waals surface area contributed by atoms with Gasteiger partial charge in [0.15, 0.2) is 0 Å². The maximum atomic E-state index is 12.2. The quantitative estimate of drug-likeness (QED) is 0.910. The molecule has 0 saturated heterocycles. The molecule has 0 bridgehead atoms. The fourth-order valence-electron chi connectivity index (χ4n) is 1.94. The number of rotatable bonds is 5. The number of halogens is 1. The summed E-state index contributed by atoms with van der Waals surface area (Å²) in [4.78, 5) is 12.2. The third kappa shape index (κ3) is 3.42. The maximum absolute atomic E-state index is 12.2. The number of hydrogen-bond acceptors (Lipinski definition) is 2. The van der Waals surface area contributed by atoms with E-state index >= 15 is 0 Å². The van der Waals surface area contributed by atoms with Gasteiger partial charge in [-0.25, -0.2) is 0 Å². The molecule has 106 valence electrons. The van der Waals surface area contributed by atoms with E-state index in [0.717, 1.165) is 22.3 Å². The Kier molecular flexibility index (Phi) is 4.84. The Morgan fingerprint density at radius 3 is 2.65 bits per heavy atom. The number of nitrogens with one attached hydrogen (secondary N) is 1. The Hall–Kier alpha value is -1.75. The highest BCUT2D eigenvalue weighted by molar-refractivity contribution is 9.10. The number of amides is 1. The zero-order chi connectivity index (χ0) is 14.5. The summed E-state index contributed by atoms with van der Waals surface area (Å²) in [6.45, 7) is 3.26. The largest absolute Gasteiger partial charge is 0.497 e. The summed E-state index contributed by atoms with van der Waals surface area (Å²) < 4.78 is 7.92. The predicted molar refractivity (Wildman–Crippen MR) is 82.0 cm³/mol.